The first-order valence-corrected chi connectivity index (χ1v) is 16.2. The predicted molar refractivity (Wildman–Crippen MR) is 208 cm³/mol. The second-order valence-corrected chi connectivity index (χ2v) is 12.2. The maximum Gasteiger partial charge on any atom is 0.141 e. The van der Waals surface area contributed by atoms with Gasteiger partial charge in [0.1, 0.15) is 5.58 Å². The highest BCUT2D eigenvalue weighted by Gasteiger charge is 2.21. The van der Waals surface area contributed by atoms with Gasteiger partial charge in [0.05, 0.1) is 17.2 Å². The molecule has 0 N–H and O–H groups in total. The summed E-state index contributed by atoms with van der Waals surface area (Å²) in [5.74, 6) is 0. The normalized spacial score (nSPS) is 14.0. The quantitative estimate of drug-likeness (QED) is 0.139. The first-order valence-electron chi connectivity index (χ1n) is 20.2. The van der Waals surface area contributed by atoms with E-state index in [0.717, 1.165) is 49.2 Å². The molecule has 1 nitrogen and oxygen atoms in total. The largest absolute Gasteiger partial charge is 0.464 e. The first kappa shape index (κ1) is 20.7. The fourth-order valence-corrected chi connectivity index (χ4v) is 7.33. The van der Waals surface area contributed by atoms with E-state index in [2.05, 4.69) is 36.4 Å². The molecule has 0 saturated carbocycles. The van der Waals surface area contributed by atoms with E-state index in [1.807, 2.05) is 78.9 Å². The van der Waals surface area contributed by atoms with Gasteiger partial charge in [-0.05, 0) is 101 Å². The fourth-order valence-electron chi connectivity index (χ4n) is 7.33. The molecule has 1 aromatic heterocycles. The Morgan fingerprint density at radius 1 is 0.367 bits per heavy atom. The minimum Gasteiger partial charge on any atom is -0.464 e. The molecule has 0 aliphatic rings. The second kappa shape index (κ2) is 11.1. The average Bonchev–Trinajstić information content (AvgIpc) is 3.75. The Bertz CT molecular complexity index is 3240. The number of para-hydroxylation sites is 1. The molecule has 0 bridgehead atoms. The van der Waals surface area contributed by atoms with Crippen molar-refractivity contribution in [2.75, 3.05) is 0 Å². The molecule has 10 rings (SSSR count). The van der Waals surface area contributed by atoms with Crippen molar-refractivity contribution in [1.29, 1.82) is 0 Å². The Morgan fingerprint density at radius 2 is 0.959 bits per heavy atom. The molecule has 0 saturated heterocycles. The lowest BCUT2D eigenvalue weighted by Gasteiger charge is -2.20. The van der Waals surface area contributed by atoms with Gasteiger partial charge in [-0.25, -0.2) is 0 Å². The van der Waals surface area contributed by atoms with Gasteiger partial charge in [0.2, 0.25) is 0 Å². The van der Waals surface area contributed by atoms with Crippen molar-refractivity contribution in [3.8, 4) is 44.5 Å². The molecule has 0 unspecified atom stereocenters. The van der Waals surface area contributed by atoms with Crippen molar-refractivity contribution in [2.24, 2.45) is 0 Å². The number of rotatable bonds is 4. The third-order valence-electron chi connectivity index (χ3n) is 9.56. The highest BCUT2D eigenvalue weighted by atomic mass is 16.3. The fraction of sp³-hybridized carbons (Fsp3) is 0. The molecule has 10 aromatic rings. The maximum atomic E-state index is 9.58. The van der Waals surface area contributed by atoms with E-state index in [1.54, 1.807) is 12.1 Å². The van der Waals surface area contributed by atoms with Crippen LogP contribution in [-0.2, 0) is 0 Å². The molecule has 0 aliphatic carbocycles. The molecule has 228 valence electrons. The average molecular weight is 631 g/mol. The Labute approximate surface area is 295 Å². The summed E-state index contributed by atoms with van der Waals surface area (Å²) in [4.78, 5) is 0. The van der Waals surface area contributed by atoms with Crippen LogP contribution in [0, 0.1) is 0 Å². The summed E-state index contributed by atoms with van der Waals surface area (Å²) in [7, 11) is 0. The van der Waals surface area contributed by atoms with E-state index < -0.39 is 24.2 Å². The summed E-state index contributed by atoms with van der Waals surface area (Å²) in [5.41, 5.74) is 5.85. The smallest absolute Gasteiger partial charge is 0.141 e. The van der Waals surface area contributed by atoms with Gasteiger partial charge < -0.3 is 4.42 Å². The lowest BCUT2D eigenvalue weighted by molar-refractivity contribution is 0.617. The van der Waals surface area contributed by atoms with Crippen LogP contribution in [0.2, 0.25) is 0 Å². The third kappa shape index (κ3) is 4.40. The standard InChI is InChI=1S/C48H30O/c1-3-12-31(13-4-1)35-23-22-33-24-25-37-44(43(33)28-35)29-36(32-14-5-2-6-15-32)30-45(37)47-40-19-9-7-17-38(40)46(39-18-8-10-20-41(39)47)42-21-11-16-34-26-27-49-48(34)42/h1-30H/i7D,8D,9D,10D,17D,18D,19D,20D. The number of furan rings is 1. The Kier molecular flexibility index (Phi) is 4.69. The third-order valence-corrected chi connectivity index (χ3v) is 9.56. The van der Waals surface area contributed by atoms with E-state index in [0.29, 0.717) is 22.3 Å². The van der Waals surface area contributed by atoms with Crippen molar-refractivity contribution in [3.63, 3.8) is 0 Å². The van der Waals surface area contributed by atoms with Crippen LogP contribution in [0.1, 0.15) is 11.0 Å². The van der Waals surface area contributed by atoms with Crippen molar-refractivity contribution < 1.29 is 15.4 Å². The van der Waals surface area contributed by atoms with E-state index in [4.69, 9.17) is 9.90 Å². The van der Waals surface area contributed by atoms with Gasteiger partial charge in [0, 0.05) is 16.5 Å². The molecule has 0 atom stereocenters. The minimum atomic E-state index is -0.450. The number of hydrogen-bond acceptors (Lipinski definition) is 1. The van der Waals surface area contributed by atoms with Crippen molar-refractivity contribution >= 4 is 54.1 Å². The molecular formula is C48H30O. The van der Waals surface area contributed by atoms with Gasteiger partial charge >= 0.3 is 0 Å². The first-order chi connectivity index (χ1) is 27.6. The monoisotopic (exact) mass is 630 g/mol. The Balaban J connectivity index is 1.48. The number of fused-ring (bicyclic) bond motifs is 6. The Morgan fingerprint density at radius 3 is 1.63 bits per heavy atom. The van der Waals surface area contributed by atoms with E-state index in [9.17, 15) is 5.48 Å². The van der Waals surface area contributed by atoms with Crippen LogP contribution in [0.5, 0.6) is 0 Å². The molecule has 1 heterocycles. The van der Waals surface area contributed by atoms with Gasteiger partial charge in [0.25, 0.3) is 0 Å². The van der Waals surface area contributed by atoms with Crippen LogP contribution in [0.25, 0.3) is 98.6 Å². The van der Waals surface area contributed by atoms with Crippen LogP contribution >= 0.6 is 0 Å². The predicted octanol–water partition coefficient (Wildman–Crippen LogP) is 13.7. The second-order valence-electron chi connectivity index (χ2n) is 12.2. The zero-order chi connectivity index (χ0) is 39.3. The summed E-state index contributed by atoms with van der Waals surface area (Å²) >= 11 is 0. The summed E-state index contributed by atoms with van der Waals surface area (Å²) in [6, 6.07) is 38.6. The summed E-state index contributed by atoms with van der Waals surface area (Å²) < 4.78 is 79.9. The van der Waals surface area contributed by atoms with Crippen molar-refractivity contribution in [2.45, 2.75) is 0 Å². The van der Waals surface area contributed by atoms with Gasteiger partial charge in [-0.1, -0.05) is 151 Å². The van der Waals surface area contributed by atoms with Gasteiger partial charge in [-0.2, -0.15) is 0 Å². The maximum absolute atomic E-state index is 9.58. The lowest BCUT2D eigenvalue weighted by Crippen LogP contribution is -1.93. The zero-order valence-corrected chi connectivity index (χ0v) is 26.1. The number of benzene rings is 9. The topological polar surface area (TPSA) is 13.1 Å². The minimum absolute atomic E-state index is 0.142. The molecule has 0 amide bonds. The van der Waals surface area contributed by atoms with Crippen LogP contribution in [-0.4, -0.2) is 0 Å². The molecule has 49 heavy (non-hydrogen) atoms. The molecule has 0 radical (unpaired) electrons. The van der Waals surface area contributed by atoms with E-state index in [-0.39, 0.29) is 51.3 Å². The van der Waals surface area contributed by atoms with Gasteiger partial charge in [-0.3, -0.25) is 0 Å². The van der Waals surface area contributed by atoms with Gasteiger partial charge in [-0.15, -0.1) is 0 Å². The molecule has 1 heteroatoms. The SMILES string of the molecule is [2H]c1c([2H])c([2H])c2c(-c3cccc4ccoc34)c3c([2H])c([2H])c([2H])c([2H])c3c(-c3cc(-c4ccccc4)cc4c3ccc3ccc(-c5ccccc5)cc34)c2c1[2H]. The van der Waals surface area contributed by atoms with Crippen LogP contribution in [0.4, 0.5) is 0 Å². The van der Waals surface area contributed by atoms with E-state index >= 15 is 0 Å². The molecule has 0 fully saturated rings. The summed E-state index contributed by atoms with van der Waals surface area (Å²) in [6.45, 7) is 0. The highest BCUT2D eigenvalue weighted by molar-refractivity contribution is 6.26. The summed E-state index contributed by atoms with van der Waals surface area (Å²) in [5, 5.41) is 4.94. The molecule has 0 spiro atoms. The molecule has 9 aromatic carbocycles. The Hall–Kier alpha value is -6.44. The van der Waals surface area contributed by atoms with Crippen LogP contribution in [0.3, 0.4) is 0 Å². The zero-order valence-electron chi connectivity index (χ0n) is 34.1. The van der Waals surface area contributed by atoms with Gasteiger partial charge in [0.15, 0.2) is 0 Å². The molecule has 0 aliphatic heterocycles. The van der Waals surface area contributed by atoms with Crippen LogP contribution in [0.15, 0.2) is 186 Å². The van der Waals surface area contributed by atoms with Crippen molar-refractivity contribution in [1.82, 2.24) is 0 Å². The lowest BCUT2D eigenvalue weighted by atomic mass is 9.83. The molecular weight excluding hydrogens is 593 g/mol. The van der Waals surface area contributed by atoms with Crippen molar-refractivity contribution in [3.05, 3.63) is 182 Å². The number of hydrogen-bond donors (Lipinski definition) is 0. The van der Waals surface area contributed by atoms with Crippen LogP contribution < -0.4 is 0 Å². The van der Waals surface area contributed by atoms with E-state index in [1.165, 1.54) is 6.26 Å². The highest BCUT2D eigenvalue weighted by Crippen LogP contribution is 2.48. The summed E-state index contributed by atoms with van der Waals surface area (Å²) in [6.07, 6.45) is 1.53.